The zero-order valence-corrected chi connectivity index (χ0v) is 14.8. The van der Waals surface area contributed by atoms with Gasteiger partial charge in [0.1, 0.15) is 17.6 Å². The molecule has 0 aliphatic carbocycles. The van der Waals surface area contributed by atoms with Gasteiger partial charge in [-0.3, -0.25) is 4.68 Å². The lowest BCUT2D eigenvalue weighted by atomic mass is 9.99. The Kier molecular flexibility index (Phi) is 5.04. The number of ether oxygens (including phenoxy) is 2. The van der Waals surface area contributed by atoms with Crippen LogP contribution in [0.15, 0.2) is 59.1 Å². The number of aromatic nitrogens is 2. The topological polar surface area (TPSA) is 61.5 Å². The van der Waals surface area contributed by atoms with E-state index in [1.165, 1.54) is 0 Å². The van der Waals surface area contributed by atoms with Crippen molar-refractivity contribution < 1.29 is 13.9 Å². The molecule has 1 aliphatic heterocycles. The van der Waals surface area contributed by atoms with Crippen molar-refractivity contribution in [2.45, 2.75) is 19.1 Å². The molecule has 1 fully saturated rings. The molecule has 3 aromatic rings. The summed E-state index contributed by atoms with van der Waals surface area (Å²) in [7, 11) is 1.96. The molecular weight excluding hydrogens is 330 g/mol. The molecule has 6 nitrogen and oxygen atoms in total. The monoisotopic (exact) mass is 353 g/mol. The second-order valence-electron chi connectivity index (χ2n) is 6.49. The summed E-state index contributed by atoms with van der Waals surface area (Å²) in [6, 6.07) is 15.4. The highest BCUT2D eigenvalue weighted by Crippen LogP contribution is 2.33. The van der Waals surface area contributed by atoms with Gasteiger partial charge in [-0.1, -0.05) is 18.2 Å². The molecule has 3 heterocycles. The van der Waals surface area contributed by atoms with Crippen LogP contribution in [-0.2, 0) is 18.3 Å². The summed E-state index contributed by atoms with van der Waals surface area (Å²) in [5.74, 6) is 2.56. The van der Waals surface area contributed by atoms with Crippen LogP contribution in [0.4, 0.5) is 0 Å². The molecule has 1 N–H and O–H groups in total. The Bertz CT molecular complexity index is 828. The van der Waals surface area contributed by atoms with Crippen molar-refractivity contribution in [2.24, 2.45) is 13.0 Å². The van der Waals surface area contributed by atoms with E-state index in [2.05, 4.69) is 10.4 Å². The standard InChI is InChI=1S/C20H23N3O3/c1-23-18(9-11-22-23)20-15(10-12-24-20)13-21-14-17-7-8-19(26-17)25-16-5-3-2-4-6-16/h2-9,11,15,20-21H,10,12-14H2,1H3/t15-,20+/m0/s1. The van der Waals surface area contributed by atoms with Gasteiger partial charge in [0.2, 0.25) is 0 Å². The zero-order valence-electron chi connectivity index (χ0n) is 14.8. The predicted molar refractivity (Wildman–Crippen MR) is 96.9 cm³/mol. The maximum atomic E-state index is 5.92. The van der Waals surface area contributed by atoms with Crippen molar-refractivity contribution in [3.63, 3.8) is 0 Å². The first-order valence-corrected chi connectivity index (χ1v) is 8.91. The molecule has 0 saturated carbocycles. The summed E-state index contributed by atoms with van der Waals surface area (Å²) >= 11 is 0. The Labute approximate surface area is 152 Å². The number of benzene rings is 1. The summed E-state index contributed by atoms with van der Waals surface area (Å²) in [6.45, 7) is 2.32. The minimum atomic E-state index is 0.101. The van der Waals surface area contributed by atoms with Gasteiger partial charge in [0.15, 0.2) is 0 Å². The number of para-hydroxylation sites is 1. The largest absolute Gasteiger partial charge is 0.429 e. The van der Waals surface area contributed by atoms with Crippen molar-refractivity contribution in [3.8, 4) is 11.7 Å². The minimum Gasteiger partial charge on any atom is -0.429 e. The maximum Gasteiger partial charge on any atom is 0.290 e. The first-order chi connectivity index (χ1) is 12.8. The highest BCUT2D eigenvalue weighted by Gasteiger charge is 2.31. The van der Waals surface area contributed by atoms with Gasteiger partial charge in [-0.05, 0) is 30.7 Å². The van der Waals surface area contributed by atoms with E-state index in [9.17, 15) is 0 Å². The normalized spacial score (nSPS) is 19.7. The second kappa shape index (κ2) is 7.76. The first kappa shape index (κ1) is 16.9. The van der Waals surface area contributed by atoms with Crippen LogP contribution in [0, 0.1) is 5.92 Å². The fourth-order valence-electron chi connectivity index (χ4n) is 3.33. The zero-order chi connectivity index (χ0) is 17.8. The third-order valence-electron chi connectivity index (χ3n) is 4.67. The van der Waals surface area contributed by atoms with E-state index < -0.39 is 0 Å². The molecule has 26 heavy (non-hydrogen) atoms. The fraction of sp³-hybridized carbons (Fsp3) is 0.350. The highest BCUT2D eigenvalue weighted by atomic mass is 16.6. The van der Waals surface area contributed by atoms with E-state index in [-0.39, 0.29) is 6.10 Å². The average Bonchev–Trinajstić information content (AvgIpc) is 3.38. The molecule has 0 spiro atoms. The second-order valence-corrected chi connectivity index (χ2v) is 6.49. The summed E-state index contributed by atoms with van der Waals surface area (Å²) in [5, 5.41) is 7.72. The molecule has 1 saturated heterocycles. The molecule has 136 valence electrons. The number of furan rings is 1. The third kappa shape index (κ3) is 3.81. The van der Waals surface area contributed by atoms with Crippen molar-refractivity contribution in [1.82, 2.24) is 15.1 Å². The molecule has 1 aromatic carbocycles. The minimum absolute atomic E-state index is 0.101. The number of hydrogen-bond acceptors (Lipinski definition) is 5. The van der Waals surface area contributed by atoms with Crippen LogP contribution in [-0.4, -0.2) is 22.9 Å². The van der Waals surface area contributed by atoms with Crippen LogP contribution in [0.1, 0.15) is 24.0 Å². The van der Waals surface area contributed by atoms with Gasteiger partial charge in [0.25, 0.3) is 5.95 Å². The molecule has 0 bridgehead atoms. The molecule has 2 atom stereocenters. The molecular formula is C20H23N3O3. The highest BCUT2D eigenvalue weighted by molar-refractivity contribution is 5.26. The van der Waals surface area contributed by atoms with Gasteiger partial charge < -0.3 is 19.2 Å². The smallest absolute Gasteiger partial charge is 0.290 e. The number of rotatable bonds is 7. The summed E-state index contributed by atoms with van der Waals surface area (Å²) in [6.07, 6.45) is 2.96. The molecule has 2 aromatic heterocycles. The van der Waals surface area contributed by atoms with E-state index in [4.69, 9.17) is 13.9 Å². The van der Waals surface area contributed by atoms with Gasteiger partial charge in [-0.15, -0.1) is 0 Å². The van der Waals surface area contributed by atoms with Gasteiger partial charge in [-0.25, -0.2) is 0 Å². The van der Waals surface area contributed by atoms with E-state index in [0.717, 1.165) is 36.8 Å². The molecule has 0 amide bonds. The average molecular weight is 353 g/mol. The van der Waals surface area contributed by atoms with Crippen LogP contribution in [0.5, 0.6) is 11.7 Å². The van der Waals surface area contributed by atoms with Crippen molar-refractivity contribution in [2.75, 3.05) is 13.2 Å². The van der Waals surface area contributed by atoms with E-state index in [1.54, 1.807) is 0 Å². The maximum absolute atomic E-state index is 5.92. The Morgan fingerprint density at radius 1 is 1.19 bits per heavy atom. The van der Waals surface area contributed by atoms with Gasteiger partial charge in [0, 0.05) is 38.4 Å². The Hall–Kier alpha value is -2.57. The van der Waals surface area contributed by atoms with Crippen LogP contribution >= 0.6 is 0 Å². The molecule has 6 heteroatoms. The molecule has 1 aliphatic rings. The van der Waals surface area contributed by atoms with Crippen molar-refractivity contribution in [1.29, 1.82) is 0 Å². The number of nitrogens with zero attached hydrogens (tertiary/aromatic N) is 2. The number of hydrogen-bond donors (Lipinski definition) is 1. The van der Waals surface area contributed by atoms with E-state index >= 15 is 0 Å². The van der Waals surface area contributed by atoms with Crippen LogP contribution in [0.3, 0.4) is 0 Å². The van der Waals surface area contributed by atoms with E-state index in [0.29, 0.717) is 18.4 Å². The number of aryl methyl sites for hydroxylation is 1. The van der Waals surface area contributed by atoms with Crippen molar-refractivity contribution >= 4 is 0 Å². The lowest BCUT2D eigenvalue weighted by Gasteiger charge is -2.19. The summed E-state index contributed by atoms with van der Waals surface area (Å²) < 4.78 is 19.2. The van der Waals surface area contributed by atoms with Crippen LogP contribution in [0.2, 0.25) is 0 Å². The predicted octanol–water partition coefficient (Wildman–Crippen LogP) is 3.67. The first-order valence-electron chi connectivity index (χ1n) is 8.91. The third-order valence-corrected chi connectivity index (χ3v) is 4.67. The van der Waals surface area contributed by atoms with Gasteiger partial charge in [-0.2, -0.15) is 5.10 Å². The van der Waals surface area contributed by atoms with Gasteiger partial charge in [0.05, 0.1) is 12.2 Å². The molecule has 0 unspecified atom stereocenters. The lowest BCUT2D eigenvalue weighted by Crippen LogP contribution is -2.25. The lowest BCUT2D eigenvalue weighted by molar-refractivity contribution is 0.0836. The molecule has 0 radical (unpaired) electrons. The van der Waals surface area contributed by atoms with Crippen LogP contribution < -0.4 is 10.1 Å². The Balaban J connectivity index is 1.29. The summed E-state index contributed by atoms with van der Waals surface area (Å²) in [5.41, 5.74) is 1.13. The summed E-state index contributed by atoms with van der Waals surface area (Å²) in [4.78, 5) is 0. The Morgan fingerprint density at radius 2 is 2.08 bits per heavy atom. The quantitative estimate of drug-likeness (QED) is 0.702. The fourth-order valence-corrected chi connectivity index (χ4v) is 3.33. The van der Waals surface area contributed by atoms with Crippen LogP contribution in [0.25, 0.3) is 0 Å². The van der Waals surface area contributed by atoms with E-state index in [1.807, 2.05) is 66.5 Å². The molecule has 4 rings (SSSR count). The number of nitrogens with one attached hydrogen (secondary N) is 1. The van der Waals surface area contributed by atoms with Gasteiger partial charge >= 0.3 is 0 Å². The van der Waals surface area contributed by atoms with Crippen molar-refractivity contribution in [3.05, 3.63) is 66.2 Å². The Morgan fingerprint density at radius 3 is 2.88 bits per heavy atom. The SMILES string of the molecule is Cn1nccc1[C@@H]1OCC[C@H]1CNCc1ccc(Oc2ccccc2)o1.